The van der Waals surface area contributed by atoms with Gasteiger partial charge in [0, 0.05) is 24.7 Å². The Bertz CT molecular complexity index is 469. The summed E-state index contributed by atoms with van der Waals surface area (Å²) in [5.41, 5.74) is 0. The van der Waals surface area contributed by atoms with Crippen molar-refractivity contribution in [1.82, 2.24) is 0 Å². The number of hydrogen-bond acceptors (Lipinski definition) is 5. The first-order chi connectivity index (χ1) is 11.9. The van der Waals surface area contributed by atoms with E-state index in [1.165, 1.54) is 6.08 Å². The van der Waals surface area contributed by atoms with E-state index in [4.69, 9.17) is 16.8 Å². The van der Waals surface area contributed by atoms with Crippen molar-refractivity contribution in [2.45, 2.75) is 85.6 Å². The van der Waals surface area contributed by atoms with E-state index >= 15 is 0 Å². The Hall–Kier alpha value is -0.0425. The summed E-state index contributed by atoms with van der Waals surface area (Å²) in [7, 11) is -9.75. The highest BCUT2D eigenvalue weighted by Gasteiger charge is 2.53. The van der Waals surface area contributed by atoms with Crippen molar-refractivity contribution in [3.05, 3.63) is 12.7 Å². The predicted molar refractivity (Wildman–Crippen MR) is 123 cm³/mol. The van der Waals surface area contributed by atoms with Crippen LogP contribution in [-0.2, 0) is 21.6 Å². The lowest BCUT2D eigenvalue weighted by atomic mass is 10.3. The second kappa shape index (κ2) is 10.1. The van der Waals surface area contributed by atoms with Crippen molar-refractivity contribution >= 4 is 40.0 Å². The Labute approximate surface area is 171 Å². The fraction of sp³-hybridized carbons (Fsp3) is 0.833. The third-order valence-corrected chi connectivity index (χ3v) is 17.5. The Morgan fingerprint density at radius 2 is 1.19 bits per heavy atom. The van der Waals surface area contributed by atoms with Gasteiger partial charge in [0.25, 0.3) is 0 Å². The largest absolute Gasteiger partial charge is 0.491 e. The van der Waals surface area contributed by atoms with Gasteiger partial charge in [-0.3, -0.25) is 0 Å². The van der Waals surface area contributed by atoms with Crippen LogP contribution in [0.15, 0.2) is 12.7 Å². The van der Waals surface area contributed by atoms with Crippen LogP contribution in [0.25, 0.3) is 0 Å². The zero-order valence-corrected chi connectivity index (χ0v) is 23.4. The van der Waals surface area contributed by atoms with Crippen LogP contribution >= 0.6 is 0 Å². The molecule has 27 heavy (non-hydrogen) atoms. The molecule has 0 aliphatic rings. The van der Waals surface area contributed by atoms with E-state index in [0.717, 1.165) is 12.1 Å². The maximum atomic E-state index is 12.2. The second-order valence-electron chi connectivity index (χ2n) is 10.1. The smallest absolute Gasteiger partial charge is 0.468 e. The summed E-state index contributed by atoms with van der Waals surface area (Å²) in [6, 6.07) is 1.44. The van der Waals surface area contributed by atoms with E-state index in [2.05, 4.69) is 73.6 Å². The minimum absolute atomic E-state index is 0.338. The van der Waals surface area contributed by atoms with Gasteiger partial charge in [0.05, 0.1) is 0 Å². The quantitative estimate of drug-likeness (QED) is 0.279. The number of hydrogen-bond donors (Lipinski definition) is 0. The molecule has 0 aromatic heterocycles. The van der Waals surface area contributed by atoms with Gasteiger partial charge in [0.2, 0.25) is 0 Å². The van der Waals surface area contributed by atoms with E-state index in [1.807, 2.05) is 6.55 Å². The second-order valence-corrected chi connectivity index (χ2v) is 25.6. The highest BCUT2D eigenvalue weighted by Crippen LogP contribution is 2.34. The van der Waals surface area contributed by atoms with Crippen molar-refractivity contribution in [1.29, 1.82) is 0 Å². The monoisotopic (exact) mass is 450 g/mol. The maximum Gasteiger partial charge on any atom is 0.468 e. The lowest BCUT2D eigenvalue weighted by molar-refractivity contribution is -0.131. The molecule has 0 unspecified atom stereocenters. The molecule has 0 saturated heterocycles. The molecule has 0 saturated carbocycles. The van der Waals surface area contributed by atoms with Gasteiger partial charge in [-0.25, -0.2) is 4.79 Å². The van der Waals surface area contributed by atoms with Gasteiger partial charge in [-0.15, -0.1) is 0 Å². The van der Waals surface area contributed by atoms with Gasteiger partial charge in [0.15, 0.2) is 16.6 Å². The van der Waals surface area contributed by atoms with Crippen molar-refractivity contribution in [2.75, 3.05) is 0 Å². The molecule has 0 aromatic rings. The van der Waals surface area contributed by atoms with Crippen LogP contribution < -0.4 is 0 Å². The molecule has 0 N–H and O–H groups in total. The summed E-state index contributed by atoms with van der Waals surface area (Å²) in [5.74, 6) is 0.260. The van der Waals surface area contributed by atoms with Crippen LogP contribution in [0.3, 0.4) is 0 Å². The molecule has 0 spiro atoms. The molecule has 0 heterocycles. The van der Waals surface area contributed by atoms with Crippen molar-refractivity contribution < 1.29 is 21.6 Å². The van der Waals surface area contributed by atoms with Crippen molar-refractivity contribution in [2.24, 2.45) is 11.8 Å². The van der Waals surface area contributed by atoms with Gasteiger partial charge in [-0.2, -0.15) is 0 Å². The zero-order chi connectivity index (χ0) is 21.7. The molecule has 9 heteroatoms. The Morgan fingerprint density at radius 3 is 1.44 bits per heavy atom. The Balaban J connectivity index is 6.12. The minimum atomic E-state index is -3.00. The molecule has 0 aliphatic carbocycles. The summed E-state index contributed by atoms with van der Waals surface area (Å²) >= 11 is 0. The van der Waals surface area contributed by atoms with Crippen LogP contribution in [0, 0.1) is 11.8 Å². The third-order valence-electron chi connectivity index (χ3n) is 3.25. The number of rotatable bonds is 12. The van der Waals surface area contributed by atoms with E-state index in [9.17, 15) is 4.79 Å². The number of carbonyl (C=O) groups is 1. The molecular weight excluding hydrogens is 409 g/mol. The molecule has 0 radical (unpaired) electrons. The molecule has 5 nitrogen and oxygen atoms in total. The first kappa shape index (κ1) is 27.0. The van der Waals surface area contributed by atoms with Gasteiger partial charge in [-0.05, 0) is 51.1 Å². The summed E-state index contributed by atoms with van der Waals surface area (Å²) < 4.78 is 25.8. The molecule has 0 aliphatic heterocycles. The van der Waals surface area contributed by atoms with E-state index in [1.54, 1.807) is 0 Å². The number of carbonyl (C=O) groups excluding carboxylic acids is 1. The van der Waals surface area contributed by atoms with Crippen molar-refractivity contribution in [3.8, 4) is 0 Å². The predicted octanol–water partition coefficient (Wildman–Crippen LogP) is 5.76. The highest BCUT2D eigenvalue weighted by atomic mass is 28.5. The average molecular weight is 451 g/mol. The summed E-state index contributed by atoms with van der Waals surface area (Å²) in [4.78, 5) is 12.2. The fourth-order valence-corrected chi connectivity index (χ4v) is 20.6. The summed E-state index contributed by atoms with van der Waals surface area (Å²) in [5, 5.41) is 0. The van der Waals surface area contributed by atoms with Gasteiger partial charge in [0.1, 0.15) is 0 Å². The van der Waals surface area contributed by atoms with Crippen LogP contribution in [0.1, 0.15) is 27.7 Å². The molecule has 160 valence electrons. The standard InChI is InChI=1S/C18H42O5Si4/c1-13-18(19)20-27(14-16(2)3,15-17(4)5)23-26(12,21-24(6,7)8)22-25(9,10)11/h13,16-17H,1,14-15H2,2-12H3. The molecular formula is C18H42O5Si4. The van der Waals surface area contributed by atoms with Crippen LogP contribution in [0.5, 0.6) is 0 Å². The zero-order valence-electron chi connectivity index (χ0n) is 19.4. The maximum absolute atomic E-state index is 12.2. The Morgan fingerprint density at radius 1 is 0.815 bits per heavy atom. The normalized spacial score (nSPS) is 14.0. The Kier molecular flexibility index (Phi) is 10.1. The lowest BCUT2D eigenvalue weighted by Crippen LogP contribution is -2.62. The van der Waals surface area contributed by atoms with Crippen LogP contribution in [0.4, 0.5) is 0 Å². The molecule has 0 bridgehead atoms. The molecule has 0 rings (SSSR count). The molecule has 0 fully saturated rings. The first-order valence-corrected chi connectivity index (χ1v) is 21.1. The van der Waals surface area contributed by atoms with Crippen molar-refractivity contribution in [3.63, 3.8) is 0 Å². The topological polar surface area (TPSA) is 54.0 Å². The van der Waals surface area contributed by atoms with Gasteiger partial charge >= 0.3 is 23.3 Å². The molecule has 0 aromatic carbocycles. The van der Waals surface area contributed by atoms with Gasteiger partial charge < -0.3 is 16.8 Å². The SMILES string of the molecule is C=CC(=O)O[Si](CC(C)C)(CC(C)C)O[Si](C)(O[Si](C)(C)C)O[Si](C)(C)C. The average Bonchev–Trinajstić information content (AvgIpc) is 2.30. The van der Waals surface area contributed by atoms with Gasteiger partial charge in [-0.1, -0.05) is 34.3 Å². The van der Waals surface area contributed by atoms with E-state index in [-0.39, 0.29) is 0 Å². The first-order valence-electron chi connectivity index (χ1n) is 9.87. The molecule has 0 atom stereocenters. The summed E-state index contributed by atoms with van der Waals surface area (Å²) in [6.45, 7) is 26.9. The minimum Gasteiger partial charge on any atom is -0.491 e. The van der Waals surface area contributed by atoms with E-state index < -0.39 is 40.0 Å². The third kappa shape index (κ3) is 12.2. The fourth-order valence-electron chi connectivity index (χ4n) is 3.25. The lowest BCUT2D eigenvalue weighted by Gasteiger charge is -2.43. The molecule has 0 amide bonds. The van der Waals surface area contributed by atoms with E-state index in [0.29, 0.717) is 11.8 Å². The van der Waals surface area contributed by atoms with Crippen LogP contribution in [-0.4, -0.2) is 40.0 Å². The summed E-state index contributed by atoms with van der Waals surface area (Å²) in [6.07, 6.45) is 1.23. The highest BCUT2D eigenvalue weighted by molar-refractivity contribution is 6.89. The van der Waals surface area contributed by atoms with Crippen LogP contribution in [0.2, 0.25) is 57.9 Å².